The Balaban J connectivity index is 2.01. The number of thioether (sulfide) groups is 1. The molecule has 5 N–H and O–H groups in total. The van der Waals surface area contributed by atoms with Crippen molar-refractivity contribution in [1.29, 1.82) is 0 Å². The molecule has 0 spiro atoms. The summed E-state index contributed by atoms with van der Waals surface area (Å²) >= 11 is 1.28. The van der Waals surface area contributed by atoms with Gasteiger partial charge in [0.15, 0.2) is 0 Å². The van der Waals surface area contributed by atoms with Gasteiger partial charge in [-0.25, -0.2) is 0 Å². The Hall–Kier alpha value is -0.380. The topological polar surface area (TPSA) is 111 Å². The number of amides is 1. The zero-order chi connectivity index (χ0) is 20.1. The number of carbonyl (C=O) groups excluding carboxylic acids is 1. The van der Waals surface area contributed by atoms with Gasteiger partial charge in [0, 0.05) is 6.54 Å². The number of nitrogens with one attached hydrogen (secondary N) is 2. The maximum absolute atomic E-state index is 12.8. The van der Waals surface area contributed by atoms with Crippen molar-refractivity contribution in [2.24, 2.45) is 11.8 Å². The van der Waals surface area contributed by atoms with Crippen molar-refractivity contribution in [3.63, 3.8) is 0 Å². The van der Waals surface area contributed by atoms with E-state index in [1.165, 1.54) is 18.2 Å². The van der Waals surface area contributed by atoms with Crippen LogP contribution in [0.4, 0.5) is 0 Å². The molecule has 2 rings (SSSR count). The molecule has 2 aliphatic heterocycles. The highest BCUT2D eigenvalue weighted by atomic mass is 32.2. The van der Waals surface area contributed by atoms with Crippen molar-refractivity contribution in [2.75, 3.05) is 12.8 Å². The minimum absolute atomic E-state index is 0.00262. The predicted octanol–water partition coefficient (Wildman–Crippen LogP) is 0.466. The van der Waals surface area contributed by atoms with E-state index in [4.69, 9.17) is 4.74 Å². The summed E-state index contributed by atoms with van der Waals surface area (Å²) in [6, 6.07) is -0.668. The summed E-state index contributed by atoms with van der Waals surface area (Å²) in [4.78, 5) is 12.8. The molecular formula is C19H36N2O5S. The Morgan fingerprint density at radius 2 is 1.93 bits per heavy atom. The van der Waals surface area contributed by atoms with Crippen molar-refractivity contribution >= 4 is 17.7 Å². The van der Waals surface area contributed by atoms with Gasteiger partial charge in [0.2, 0.25) is 5.91 Å². The number of ether oxygens (including phenoxy) is 1. The zero-order valence-electron chi connectivity index (χ0n) is 16.8. The molecule has 0 aliphatic carbocycles. The van der Waals surface area contributed by atoms with Crippen LogP contribution in [0.5, 0.6) is 0 Å². The normalized spacial score (nSPS) is 37.7. The maximum atomic E-state index is 12.8. The van der Waals surface area contributed by atoms with E-state index in [0.717, 1.165) is 25.8 Å². The lowest BCUT2D eigenvalue weighted by molar-refractivity contribution is -0.208. The third-order valence-electron chi connectivity index (χ3n) is 5.75. The molecule has 2 saturated heterocycles. The Labute approximate surface area is 166 Å². The Morgan fingerprint density at radius 1 is 1.22 bits per heavy atom. The van der Waals surface area contributed by atoms with Gasteiger partial charge in [0.05, 0.1) is 12.1 Å². The molecule has 0 saturated carbocycles. The van der Waals surface area contributed by atoms with Crippen LogP contribution in [0.3, 0.4) is 0 Å². The van der Waals surface area contributed by atoms with E-state index >= 15 is 0 Å². The summed E-state index contributed by atoms with van der Waals surface area (Å²) in [5.74, 6) is 0.253. The highest BCUT2D eigenvalue weighted by Gasteiger charge is 2.48. The minimum atomic E-state index is -1.30. The van der Waals surface area contributed by atoms with E-state index in [1.54, 1.807) is 6.26 Å². The van der Waals surface area contributed by atoms with Crippen LogP contribution in [-0.2, 0) is 9.53 Å². The van der Waals surface area contributed by atoms with Crippen LogP contribution < -0.4 is 10.6 Å². The van der Waals surface area contributed by atoms with Crippen molar-refractivity contribution in [1.82, 2.24) is 10.6 Å². The lowest BCUT2D eigenvalue weighted by atomic mass is 9.84. The largest absolute Gasteiger partial charge is 0.388 e. The molecule has 2 heterocycles. The van der Waals surface area contributed by atoms with Crippen LogP contribution >= 0.6 is 11.8 Å². The molecule has 2 aliphatic rings. The summed E-state index contributed by atoms with van der Waals surface area (Å²) in [5, 5.41) is 36.9. The first-order valence-electron chi connectivity index (χ1n) is 10.1. The number of hydrogen-bond acceptors (Lipinski definition) is 7. The first kappa shape index (κ1) is 22.9. The van der Waals surface area contributed by atoms with Crippen LogP contribution in [0.25, 0.3) is 0 Å². The summed E-state index contributed by atoms with van der Waals surface area (Å²) in [7, 11) is 0. The number of aliphatic hydroxyl groups excluding tert-OH is 3. The molecule has 27 heavy (non-hydrogen) atoms. The van der Waals surface area contributed by atoms with Gasteiger partial charge >= 0.3 is 0 Å². The molecular weight excluding hydrogens is 368 g/mol. The molecule has 0 aromatic carbocycles. The van der Waals surface area contributed by atoms with Crippen LogP contribution in [0.1, 0.15) is 46.5 Å². The Morgan fingerprint density at radius 3 is 2.44 bits per heavy atom. The third-order valence-corrected chi connectivity index (χ3v) is 6.61. The number of hydrogen-bond donors (Lipinski definition) is 5. The van der Waals surface area contributed by atoms with Gasteiger partial charge in [-0.1, -0.05) is 40.0 Å². The molecule has 0 radical (unpaired) electrons. The molecule has 0 aromatic rings. The highest BCUT2D eigenvalue weighted by Crippen LogP contribution is 2.30. The SMILES string of the molecule is CCCCC[C@H]1CN[C@@H]1C(=O)N[C@H](C(C)C)[C@H]1O[C@H](SC)[C@H](O)[C@@H](O)[C@H]1O. The number of aliphatic hydroxyl groups is 3. The number of unbranched alkanes of at least 4 members (excludes halogenated alkanes) is 2. The Kier molecular flexibility index (Phi) is 8.83. The molecule has 7 nitrogen and oxygen atoms in total. The second kappa shape index (κ2) is 10.4. The molecule has 0 aromatic heterocycles. The summed E-state index contributed by atoms with van der Waals surface area (Å²) in [6.07, 6.45) is 1.78. The standard InChI is InChI=1S/C19H36N2O5S/c1-5-6-7-8-11-9-20-13(11)18(25)21-12(10(2)3)17-15(23)14(22)16(24)19(26-17)27-4/h10-17,19-20,22-24H,5-9H2,1-4H3,(H,21,25)/t11-,12+,13-,14-,15+,16+,17+,19+/m0/s1. The molecule has 158 valence electrons. The van der Waals surface area contributed by atoms with Crippen molar-refractivity contribution in [3.8, 4) is 0 Å². The predicted molar refractivity (Wildman–Crippen MR) is 106 cm³/mol. The summed E-state index contributed by atoms with van der Waals surface area (Å²) in [6.45, 7) is 6.91. The highest BCUT2D eigenvalue weighted by molar-refractivity contribution is 7.99. The first-order valence-corrected chi connectivity index (χ1v) is 11.4. The van der Waals surface area contributed by atoms with E-state index in [9.17, 15) is 20.1 Å². The first-order chi connectivity index (χ1) is 12.8. The van der Waals surface area contributed by atoms with Gasteiger partial charge < -0.3 is 30.7 Å². The molecule has 0 unspecified atom stereocenters. The second-order valence-electron chi connectivity index (χ2n) is 8.10. The fourth-order valence-corrected chi connectivity index (χ4v) is 4.56. The van der Waals surface area contributed by atoms with Crippen LogP contribution in [-0.4, -0.2) is 76.0 Å². The monoisotopic (exact) mass is 404 g/mol. The fraction of sp³-hybridized carbons (Fsp3) is 0.947. The molecule has 0 bridgehead atoms. The number of rotatable bonds is 9. The summed E-state index contributed by atoms with van der Waals surface area (Å²) < 4.78 is 5.86. The quantitative estimate of drug-likeness (QED) is 0.355. The van der Waals surface area contributed by atoms with Gasteiger partial charge in [-0.15, -0.1) is 11.8 Å². The maximum Gasteiger partial charge on any atom is 0.237 e. The fourth-order valence-electron chi connectivity index (χ4n) is 3.88. The van der Waals surface area contributed by atoms with Crippen molar-refractivity contribution < 1.29 is 24.9 Å². The van der Waals surface area contributed by atoms with Crippen molar-refractivity contribution in [3.05, 3.63) is 0 Å². The van der Waals surface area contributed by atoms with E-state index in [0.29, 0.717) is 5.92 Å². The lowest BCUT2D eigenvalue weighted by Crippen LogP contribution is -2.67. The van der Waals surface area contributed by atoms with Gasteiger partial charge in [-0.05, 0) is 24.5 Å². The van der Waals surface area contributed by atoms with Gasteiger partial charge in [-0.2, -0.15) is 0 Å². The van der Waals surface area contributed by atoms with Crippen LogP contribution in [0.15, 0.2) is 0 Å². The number of carbonyl (C=O) groups is 1. The van der Waals surface area contributed by atoms with Crippen LogP contribution in [0, 0.1) is 11.8 Å². The van der Waals surface area contributed by atoms with E-state index in [2.05, 4.69) is 17.6 Å². The Bertz CT molecular complexity index is 479. The average Bonchev–Trinajstić information content (AvgIpc) is 2.61. The van der Waals surface area contributed by atoms with Gasteiger partial charge in [0.1, 0.15) is 29.9 Å². The zero-order valence-corrected chi connectivity index (χ0v) is 17.6. The smallest absolute Gasteiger partial charge is 0.237 e. The molecule has 8 atom stereocenters. The van der Waals surface area contributed by atoms with E-state index < -0.39 is 35.9 Å². The third kappa shape index (κ3) is 5.36. The van der Waals surface area contributed by atoms with E-state index in [1.807, 2.05) is 13.8 Å². The second-order valence-corrected chi connectivity index (χ2v) is 9.03. The summed E-state index contributed by atoms with van der Waals surface area (Å²) in [5.41, 5.74) is -0.643. The van der Waals surface area contributed by atoms with E-state index in [-0.39, 0.29) is 17.9 Å². The molecule has 2 fully saturated rings. The van der Waals surface area contributed by atoms with Gasteiger partial charge in [0.25, 0.3) is 0 Å². The molecule has 1 amide bonds. The average molecular weight is 405 g/mol. The van der Waals surface area contributed by atoms with Crippen LogP contribution in [0.2, 0.25) is 0 Å². The lowest BCUT2D eigenvalue weighted by Gasteiger charge is -2.45. The molecule has 8 heteroatoms. The van der Waals surface area contributed by atoms with Crippen molar-refractivity contribution in [2.45, 2.75) is 88.4 Å². The minimum Gasteiger partial charge on any atom is -0.388 e. The van der Waals surface area contributed by atoms with Gasteiger partial charge in [-0.3, -0.25) is 4.79 Å².